The van der Waals surface area contributed by atoms with Crippen LogP contribution in [0.1, 0.15) is 36.8 Å². The lowest BCUT2D eigenvalue weighted by Gasteiger charge is -2.39. The first kappa shape index (κ1) is 20.5. The van der Waals surface area contributed by atoms with E-state index in [-0.39, 0.29) is 30.8 Å². The highest BCUT2D eigenvalue weighted by atomic mass is 35.5. The summed E-state index contributed by atoms with van der Waals surface area (Å²) in [5.41, 5.74) is -2.91. The first-order valence-corrected chi connectivity index (χ1v) is 8.67. The van der Waals surface area contributed by atoms with Crippen molar-refractivity contribution in [3.63, 3.8) is 0 Å². The minimum Gasteiger partial charge on any atom is -0.316 e. The zero-order valence-corrected chi connectivity index (χ0v) is 14.9. The third-order valence-electron chi connectivity index (χ3n) is 5.28. The van der Waals surface area contributed by atoms with Crippen molar-refractivity contribution in [1.29, 1.82) is 0 Å². The molecular weight excluding hydrogens is 356 g/mol. The molecule has 0 radical (unpaired) electrons. The molecule has 1 N–H and O–H groups in total. The van der Waals surface area contributed by atoms with E-state index in [0.29, 0.717) is 19.0 Å². The van der Waals surface area contributed by atoms with Crippen LogP contribution in [0.15, 0.2) is 24.3 Å². The van der Waals surface area contributed by atoms with Crippen LogP contribution in [0.2, 0.25) is 0 Å². The van der Waals surface area contributed by atoms with Crippen LogP contribution in [-0.4, -0.2) is 37.6 Å². The summed E-state index contributed by atoms with van der Waals surface area (Å²) in [6.45, 7) is 3.97. The standard InChI is InChI=1S/C18H24F4N2.ClH/c19-17(15-5-1-2-6-16(15)18(20,21)22)7-10-24(11-8-17)13-14-4-3-9-23-12-14;/h1-2,5-6,14,23H,3-4,7-13H2;1H. The van der Waals surface area contributed by atoms with Gasteiger partial charge in [-0.15, -0.1) is 12.4 Å². The van der Waals surface area contributed by atoms with E-state index >= 15 is 4.39 Å². The van der Waals surface area contributed by atoms with Crippen LogP contribution in [0, 0.1) is 5.92 Å². The zero-order chi connectivity index (χ0) is 17.2. The summed E-state index contributed by atoms with van der Waals surface area (Å²) in [5, 5.41) is 3.36. The Bertz CT molecular complexity index is 550. The predicted molar refractivity (Wildman–Crippen MR) is 92.7 cm³/mol. The lowest BCUT2D eigenvalue weighted by Crippen LogP contribution is -2.45. The molecule has 3 rings (SSSR count). The second-order valence-electron chi connectivity index (χ2n) is 7.02. The highest BCUT2D eigenvalue weighted by Crippen LogP contribution is 2.43. The Hall–Kier alpha value is -0.850. The van der Waals surface area contributed by atoms with Gasteiger partial charge in [0.1, 0.15) is 5.67 Å². The van der Waals surface area contributed by atoms with Crippen LogP contribution in [0.25, 0.3) is 0 Å². The molecule has 2 aliphatic rings. The van der Waals surface area contributed by atoms with Gasteiger partial charge in [0.25, 0.3) is 0 Å². The van der Waals surface area contributed by atoms with Crippen molar-refractivity contribution in [3.05, 3.63) is 35.4 Å². The fraction of sp³-hybridized carbons (Fsp3) is 0.667. The molecule has 7 heteroatoms. The Morgan fingerprint density at radius 1 is 1.16 bits per heavy atom. The van der Waals surface area contributed by atoms with Crippen LogP contribution < -0.4 is 5.32 Å². The normalized spacial score (nSPS) is 24.6. The number of alkyl halides is 4. The fourth-order valence-electron chi connectivity index (χ4n) is 3.93. The van der Waals surface area contributed by atoms with Gasteiger partial charge in [0.15, 0.2) is 0 Å². The smallest absolute Gasteiger partial charge is 0.316 e. The molecule has 2 saturated heterocycles. The minimum absolute atomic E-state index is 0. The topological polar surface area (TPSA) is 15.3 Å². The lowest BCUT2D eigenvalue weighted by atomic mass is 9.83. The molecule has 0 bridgehead atoms. The number of hydrogen-bond acceptors (Lipinski definition) is 2. The van der Waals surface area contributed by atoms with Gasteiger partial charge >= 0.3 is 6.18 Å². The summed E-state index contributed by atoms with van der Waals surface area (Å²) < 4.78 is 54.8. The van der Waals surface area contributed by atoms with Crippen molar-refractivity contribution < 1.29 is 17.6 Å². The maximum atomic E-state index is 15.3. The number of benzene rings is 1. The lowest BCUT2D eigenvalue weighted by molar-refractivity contribution is -0.140. The van der Waals surface area contributed by atoms with Gasteiger partial charge in [-0.2, -0.15) is 13.2 Å². The maximum Gasteiger partial charge on any atom is 0.416 e. The second kappa shape index (κ2) is 8.23. The third kappa shape index (κ3) is 4.86. The van der Waals surface area contributed by atoms with Gasteiger partial charge in [-0.25, -0.2) is 4.39 Å². The molecule has 25 heavy (non-hydrogen) atoms. The molecule has 0 amide bonds. The molecular formula is C18H25ClF4N2. The molecule has 142 valence electrons. The molecule has 2 heterocycles. The molecule has 2 aliphatic heterocycles. The largest absolute Gasteiger partial charge is 0.416 e. The fourth-order valence-corrected chi connectivity index (χ4v) is 3.93. The van der Waals surface area contributed by atoms with Crippen molar-refractivity contribution in [2.75, 3.05) is 32.7 Å². The maximum absolute atomic E-state index is 15.3. The van der Waals surface area contributed by atoms with E-state index in [2.05, 4.69) is 10.2 Å². The van der Waals surface area contributed by atoms with Crippen molar-refractivity contribution in [1.82, 2.24) is 10.2 Å². The molecule has 0 aromatic heterocycles. The monoisotopic (exact) mass is 380 g/mol. The highest BCUT2D eigenvalue weighted by Gasteiger charge is 2.43. The molecule has 2 nitrogen and oxygen atoms in total. The Kier molecular flexibility index (Phi) is 6.74. The van der Waals surface area contributed by atoms with E-state index in [4.69, 9.17) is 0 Å². The number of hydrogen-bond donors (Lipinski definition) is 1. The molecule has 2 fully saturated rings. The van der Waals surface area contributed by atoms with Crippen molar-refractivity contribution in [2.24, 2.45) is 5.92 Å². The molecule has 1 atom stereocenters. The number of halogens is 5. The Labute approximate surface area is 152 Å². The third-order valence-corrected chi connectivity index (χ3v) is 5.28. The molecule has 1 aromatic rings. The van der Waals surface area contributed by atoms with Crippen LogP contribution in [0.3, 0.4) is 0 Å². The van der Waals surface area contributed by atoms with Gasteiger partial charge in [0, 0.05) is 25.2 Å². The molecule has 0 aliphatic carbocycles. The molecule has 1 aromatic carbocycles. The molecule has 0 spiro atoms. The van der Waals surface area contributed by atoms with E-state index in [1.807, 2.05) is 0 Å². The average molecular weight is 381 g/mol. The van der Waals surface area contributed by atoms with E-state index in [0.717, 1.165) is 32.1 Å². The van der Waals surface area contributed by atoms with Crippen LogP contribution in [-0.2, 0) is 11.8 Å². The summed E-state index contributed by atoms with van der Waals surface area (Å²) in [6.07, 6.45) is -1.94. The van der Waals surface area contributed by atoms with Gasteiger partial charge in [-0.05, 0) is 50.8 Å². The quantitative estimate of drug-likeness (QED) is 0.782. The van der Waals surface area contributed by atoms with E-state index < -0.39 is 17.4 Å². The van der Waals surface area contributed by atoms with Gasteiger partial charge < -0.3 is 10.2 Å². The number of nitrogens with one attached hydrogen (secondary N) is 1. The van der Waals surface area contributed by atoms with Crippen molar-refractivity contribution in [2.45, 2.75) is 37.5 Å². The minimum atomic E-state index is -4.51. The summed E-state index contributed by atoms with van der Waals surface area (Å²) >= 11 is 0. The number of nitrogens with zero attached hydrogens (tertiary/aromatic N) is 1. The predicted octanol–water partition coefficient (Wildman–Crippen LogP) is 4.39. The molecule has 0 saturated carbocycles. The molecule has 1 unspecified atom stereocenters. The average Bonchev–Trinajstić information content (AvgIpc) is 2.57. The van der Waals surface area contributed by atoms with Crippen molar-refractivity contribution in [3.8, 4) is 0 Å². The van der Waals surface area contributed by atoms with E-state index in [1.54, 1.807) is 0 Å². The SMILES string of the molecule is Cl.FC(F)(F)c1ccccc1C1(F)CCN(CC2CCCNC2)CC1. The first-order valence-electron chi connectivity index (χ1n) is 8.67. The van der Waals surface area contributed by atoms with Gasteiger partial charge in [-0.3, -0.25) is 0 Å². The van der Waals surface area contributed by atoms with Crippen LogP contribution >= 0.6 is 12.4 Å². The van der Waals surface area contributed by atoms with Gasteiger partial charge in [0.2, 0.25) is 0 Å². The number of likely N-dealkylation sites (tertiary alicyclic amines) is 1. The second-order valence-corrected chi connectivity index (χ2v) is 7.02. The van der Waals surface area contributed by atoms with E-state index in [1.165, 1.54) is 24.6 Å². The number of piperidine rings is 2. The number of rotatable bonds is 3. The van der Waals surface area contributed by atoms with Crippen molar-refractivity contribution >= 4 is 12.4 Å². The van der Waals surface area contributed by atoms with Crippen LogP contribution in [0.5, 0.6) is 0 Å². The Morgan fingerprint density at radius 2 is 1.84 bits per heavy atom. The Balaban J connectivity index is 0.00000225. The summed E-state index contributed by atoms with van der Waals surface area (Å²) in [5.74, 6) is 0.563. The Morgan fingerprint density at radius 3 is 2.44 bits per heavy atom. The summed E-state index contributed by atoms with van der Waals surface area (Å²) in [6, 6.07) is 5.09. The van der Waals surface area contributed by atoms with Crippen LogP contribution in [0.4, 0.5) is 17.6 Å². The summed E-state index contributed by atoms with van der Waals surface area (Å²) in [4.78, 5) is 2.20. The highest BCUT2D eigenvalue weighted by molar-refractivity contribution is 5.85. The van der Waals surface area contributed by atoms with Gasteiger partial charge in [0.05, 0.1) is 5.56 Å². The summed E-state index contributed by atoms with van der Waals surface area (Å²) in [7, 11) is 0. The van der Waals surface area contributed by atoms with Gasteiger partial charge in [-0.1, -0.05) is 18.2 Å². The van der Waals surface area contributed by atoms with E-state index in [9.17, 15) is 13.2 Å². The zero-order valence-electron chi connectivity index (χ0n) is 14.1. The first-order chi connectivity index (χ1) is 11.4.